The van der Waals surface area contributed by atoms with Crippen LogP contribution in [0.4, 0.5) is 11.5 Å². The lowest BCUT2D eigenvalue weighted by Crippen LogP contribution is -2.15. The van der Waals surface area contributed by atoms with Gasteiger partial charge in [-0.05, 0) is 35.9 Å². The van der Waals surface area contributed by atoms with Crippen molar-refractivity contribution < 1.29 is 9.59 Å². The molecule has 2 aromatic carbocycles. The SMILES string of the molecule is NC(=O)c1cccc(-c2cnc3c(c2)C(C(=O)c2cccc(N)c2)CN3)c1. The fourth-order valence-electron chi connectivity index (χ4n) is 3.34. The van der Waals surface area contributed by atoms with Crippen molar-refractivity contribution in [3.63, 3.8) is 0 Å². The molecule has 134 valence electrons. The van der Waals surface area contributed by atoms with E-state index in [2.05, 4.69) is 10.3 Å². The normalized spacial score (nSPS) is 15.0. The number of nitrogen functional groups attached to an aromatic ring is 1. The van der Waals surface area contributed by atoms with Gasteiger partial charge in [0.15, 0.2) is 5.78 Å². The summed E-state index contributed by atoms with van der Waals surface area (Å²) in [4.78, 5) is 28.9. The molecule has 0 radical (unpaired) electrons. The highest BCUT2D eigenvalue weighted by atomic mass is 16.1. The van der Waals surface area contributed by atoms with Crippen molar-refractivity contribution in [1.29, 1.82) is 0 Å². The van der Waals surface area contributed by atoms with Crippen LogP contribution in [0.15, 0.2) is 60.8 Å². The van der Waals surface area contributed by atoms with Crippen molar-refractivity contribution in [1.82, 2.24) is 4.98 Å². The monoisotopic (exact) mass is 358 g/mol. The lowest BCUT2D eigenvalue weighted by molar-refractivity contribution is 0.0964. The number of ketones is 1. The number of nitrogens with one attached hydrogen (secondary N) is 1. The summed E-state index contributed by atoms with van der Waals surface area (Å²) in [5, 5.41) is 3.19. The minimum atomic E-state index is -0.484. The lowest BCUT2D eigenvalue weighted by atomic mass is 9.91. The number of primary amides is 1. The third-order valence-electron chi connectivity index (χ3n) is 4.73. The molecule has 1 amide bonds. The number of carbonyl (C=O) groups excluding carboxylic acids is 2. The Labute approximate surface area is 156 Å². The molecule has 1 aliphatic rings. The van der Waals surface area contributed by atoms with Crippen LogP contribution in [-0.4, -0.2) is 23.2 Å². The number of rotatable bonds is 4. The van der Waals surface area contributed by atoms with Crippen LogP contribution in [0.5, 0.6) is 0 Å². The fraction of sp³-hybridized carbons (Fsp3) is 0.0952. The number of nitrogens with zero attached hydrogens (tertiary/aromatic N) is 1. The van der Waals surface area contributed by atoms with Gasteiger partial charge in [0, 0.05) is 40.7 Å². The number of aromatic nitrogens is 1. The van der Waals surface area contributed by atoms with Gasteiger partial charge in [-0.2, -0.15) is 0 Å². The maximum atomic E-state index is 13.0. The predicted octanol–water partition coefficient (Wildman–Crippen LogP) is 2.82. The van der Waals surface area contributed by atoms with Crippen molar-refractivity contribution in [2.24, 2.45) is 5.73 Å². The molecule has 4 rings (SSSR count). The maximum Gasteiger partial charge on any atom is 0.248 e. The number of anilines is 2. The topological polar surface area (TPSA) is 111 Å². The molecule has 1 unspecified atom stereocenters. The number of fused-ring (bicyclic) bond motifs is 1. The average Bonchev–Trinajstić information content (AvgIpc) is 3.10. The Bertz CT molecular complexity index is 1060. The molecule has 1 aromatic heterocycles. The smallest absolute Gasteiger partial charge is 0.248 e. The van der Waals surface area contributed by atoms with Gasteiger partial charge in [-0.3, -0.25) is 9.59 Å². The van der Waals surface area contributed by atoms with Gasteiger partial charge in [0.2, 0.25) is 5.91 Å². The standard InChI is InChI=1S/C21H18N4O2/c22-16-6-2-4-13(8-16)19(26)18-11-25-21-17(18)9-15(10-24-21)12-3-1-5-14(7-12)20(23)27/h1-10,18H,11,22H2,(H2,23,27)(H,24,25). The van der Waals surface area contributed by atoms with Gasteiger partial charge in [-0.1, -0.05) is 24.3 Å². The summed E-state index contributed by atoms with van der Waals surface area (Å²) in [6, 6.07) is 16.0. The Balaban J connectivity index is 1.71. The highest BCUT2D eigenvalue weighted by molar-refractivity contribution is 6.03. The quantitative estimate of drug-likeness (QED) is 0.490. The second-order valence-electron chi connectivity index (χ2n) is 6.53. The Hall–Kier alpha value is -3.67. The van der Waals surface area contributed by atoms with Gasteiger partial charge in [-0.25, -0.2) is 4.98 Å². The van der Waals surface area contributed by atoms with Crippen LogP contribution in [0.2, 0.25) is 0 Å². The molecule has 0 bridgehead atoms. The van der Waals surface area contributed by atoms with Gasteiger partial charge in [0.1, 0.15) is 5.82 Å². The fourth-order valence-corrected chi connectivity index (χ4v) is 3.34. The predicted molar refractivity (Wildman–Crippen MR) is 105 cm³/mol. The van der Waals surface area contributed by atoms with Crippen LogP contribution in [0.3, 0.4) is 0 Å². The van der Waals surface area contributed by atoms with Crippen LogP contribution in [0, 0.1) is 0 Å². The molecule has 5 N–H and O–H groups in total. The van der Waals surface area contributed by atoms with E-state index in [1.165, 1.54) is 0 Å². The van der Waals surface area contributed by atoms with E-state index in [1.807, 2.05) is 12.1 Å². The van der Waals surface area contributed by atoms with E-state index in [1.54, 1.807) is 48.7 Å². The van der Waals surface area contributed by atoms with E-state index in [9.17, 15) is 9.59 Å². The summed E-state index contributed by atoms with van der Waals surface area (Å²) in [6.07, 6.45) is 1.72. The highest BCUT2D eigenvalue weighted by Gasteiger charge is 2.30. The molecule has 0 fully saturated rings. The van der Waals surface area contributed by atoms with E-state index in [0.717, 1.165) is 16.7 Å². The van der Waals surface area contributed by atoms with E-state index >= 15 is 0 Å². The molecule has 0 spiro atoms. The summed E-state index contributed by atoms with van der Waals surface area (Å²) in [5.41, 5.74) is 15.2. The van der Waals surface area contributed by atoms with Gasteiger partial charge >= 0.3 is 0 Å². The lowest BCUT2D eigenvalue weighted by Gasteiger charge is -2.11. The summed E-state index contributed by atoms with van der Waals surface area (Å²) in [5.74, 6) is -0.124. The number of hydrogen-bond acceptors (Lipinski definition) is 5. The van der Waals surface area contributed by atoms with Gasteiger partial charge in [0.05, 0.1) is 5.92 Å². The third kappa shape index (κ3) is 3.13. The largest absolute Gasteiger partial charge is 0.399 e. The number of hydrogen-bond donors (Lipinski definition) is 3. The molecule has 0 saturated heterocycles. The van der Waals surface area contributed by atoms with E-state index < -0.39 is 5.91 Å². The first kappa shape index (κ1) is 16.8. The number of Topliss-reactive ketones (excluding diaryl/α,β-unsaturated/α-hetero) is 1. The zero-order valence-corrected chi connectivity index (χ0v) is 14.5. The molecule has 1 atom stereocenters. The maximum absolute atomic E-state index is 13.0. The minimum absolute atomic E-state index is 0.00149. The Morgan fingerprint density at radius 1 is 1.00 bits per heavy atom. The molecule has 27 heavy (non-hydrogen) atoms. The molecule has 0 aliphatic carbocycles. The molecule has 2 heterocycles. The summed E-state index contributed by atoms with van der Waals surface area (Å²) in [7, 11) is 0. The number of benzene rings is 2. The zero-order chi connectivity index (χ0) is 19.0. The van der Waals surface area contributed by atoms with Crippen LogP contribution < -0.4 is 16.8 Å². The molecule has 6 nitrogen and oxygen atoms in total. The molecule has 6 heteroatoms. The van der Waals surface area contributed by atoms with Crippen LogP contribution in [0.1, 0.15) is 32.2 Å². The third-order valence-corrected chi connectivity index (χ3v) is 4.73. The molecular formula is C21H18N4O2. The summed E-state index contributed by atoms with van der Waals surface area (Å²) < 4.78 is 0. The van der Waals surface area contributed by atoms with Gasteiger partial charge < -0.3 is 16.8 Å². The summed E-state index contributed by atoms with van der Waals surface area (Å²) >= 11 is 0. The first-order chi connectivity index (χ1) is 13.0. The highest BCUT2D eigenvalue weighted by Crippen LogP contribution is 2.35. The van der Waals surface area contributed by atoms with E-state index in [-0.39, 0.29) is 11.7 Å². The van der Waals surface area contributed by atoms with Gasteiger partial charge in [0.25, 0.3) is 0 Å². The van der Waals surface area contributed by atoms with Crippen LogP contribution in [0.25, 0.3) is 11.1 Å². The van der Waals surface area contributed by atoms with Crippen molar-refractivity contribution in [2.75, 3.05) is 17.6 Å². The number of carbonyl (C=O) groups is 2. The Morgan fingerprint density at radius 2 is 1.78 bits per heavy atom. The number of pyridine rings is 1. The van der Waals surface area contributed by atoms with E-state index in [0.29, 0.717) is 29.2 Å². The molecule has 1 aliphatic heterocycles. The van der Waals surface area contributed by atoms with E-state index in [4.69, 9.17) is 11.5 Å². The van der Waals surface area contributed by atoms with Crippen molar-refractivity contribution >= 4 is 23.2 Å². The molecule has 3 aromatic rings. The van der Waals surface area contributed by atoms with Crippen LogP contribution >= 0.6 is 0 Å². The Morgan fingerprint density at radius 3 is 2.56 bits per heavy atom. The Kier molecular flexibility index (Phi) is 4.08. The van der Waals surface area contributed by atoms with Crippen molar-refractivity contribution in [2.45, 2.75) is 5.92 Å². The van der Waals surface area contributed by atoms with Gasteiger partial charge in [-0.15, -0.1) is 0 Å². The average molecular weight is 358 g/mol. The van der Waals surface area contributed by atoms with Crippen LogP contribution in [-0.2, 0) is 0 Å². The number of amides is 1. The first-order valence-corrected chi connectivity index (χ1v) is 8.57. The second kappa shape index (κ2) is 6.57. The summed E-state index contributed by atoms with van der Waals surface area (Å²) in [6.45, 7) is 0.487. The van der Waals surface area contributed by atoms with Crippen molar-refractivity contribution in [3.05, 3.63) is 77.5 Å². The zero-order valence-electron chi connectivity index (χ0n) is 14.5. The second-order valence-corrected chi connectivity index (χ2v) is 6.53. The minimum Gasteiger partial charge on any atom is -0.399 e. The molecular weight excluding hydrogens is 340 g/mol. The van der Waals surface area contributed by atoms with Crippen molar-refractivity contribution in [3.8, 4) is 11.1 Å². The number of nitrogens with two attached hydrogens (primary N) is 2. The first-order valence-electron chi connectivity index (χ1n) is 8.57. The molecule has 0 saturated carbocycles.